The van der Waals surface area contributed by atoms with Crippen LogP contribution in [0.4, 0.5) is 0 Å². The first-order chi connectivity index (χ1) is 7.20. The molecule has 1 aromatic carbocycles. The van der Waals surface area contributed by atoms with Gasteiger partial charge in [0, 0.05) is 6.07 Å². The molecule has 4 nitrogen and oxygen atoms in total. The second kappa shape index (κ2) is 3.65. The van der Waals surface area contributed by atoms with E-state index in [1.54, 1.807) is 19.3 Å². The number of allylic oxidation sites excluding steroid dienone is 1. The summed E-state index contributed by atoms with van der Waals surface area (Å²) in [5.41, 5.74) is 0.959. The Balaban J connectivity index is 2.32. The monoisotopic (exact) mass is 206 g/mol. The van der Waals surface area contributed by atoms with E-state index in [-0.39, 0.29) is 5.76 Å². The molecule has 0 spiro atoms. The minimum absolute atomic E-state index is 0.0317. The molecule has 4 heteroatoms. The van der Waals surface area contributed by atoms with Crippen molar-refractivity contribution < 1.29 is 19.4 Å². The number of ether oxygens (including phenoxy) is 2. The van der Waals surface area contributed by atoms with E-state index in [1.807, 2.05) is 12.1 Å². The maximum absolute atomic E-state index is 10.7. The lowest BCUT2D eigenvalue weighted by Gasteiger charge is -2.16. The van der Waals surface area contributed by atoms with Crippen molar-refractivity contribution in [1.82, 2.24) is 0 Å². The minimum Gasteiger partial charge on any atom is -0.497 e. The van der Waals surface area contributed by atoms with Crippen LogP contribution < -0.4 is 9.47 Å². The van der Waals surface area contributed by atoms with Gasteiger partial charge < -0.3 is 14.6 Å². The number of fused-ring (bicyclic) bond motifs is 1. The Morgan fingerprint density at radius 1 is 1.53 bits per heavy atom. The molecular formula is C11H10O4. The normalized spacial score (nSPS) is 13.5. The first kappa shape index (κ1) is 9.58. The second-order valence-corrected chi connectivity index (χ2v) is 3.15. The summed E-state index contributed by atoms with van der Waals surface area (Å²) in [6.45, 7) is 0. The molecule has 0 fully saturated rings. The fraction of sp³-hybridized carbons (Fsp3) is 0.182. The number of hydrogen-bond acceptors (Lipinski definition) is 3. The zero-order valence-corrected chi connectivity index (χ0v) is 8.19. The average molecular weight is 206 g/mol. The Kier molecular flexibility index (Phi) is 2.33. The molecule has 0 amide bonds. The third kappa shape index (κ3) is 1.79. The molecule has 0 bridgehead atoms. The maximum Gasteiger partial charge on any atom is 0.371 e. The molecule has 0 saturated heterocycles. The van der Waals surface area contributed by atoms with E-state index in [9.17, 15) is 4.79 Å². The molecule has 1 N–H and O–H groups in total. The van der Waals surface area contributed by atoms with Crippen molar-refractivity contribution >= 4 is 5.97 Å². The Hall–Kier alpha value is -1.97. The summed E-state index contributed by atoms with van der Waals surface area (Å²) in [5.74, 6) is 0.119. The van der Waals surface area contributed by atoms with Gasteiger partial charge in [0.2, 0.25) is 5.76 Å². The number of rotatable bonds is 2. The van der Waals surface area contributed by atoms with E-state index >= 15 is 0 Å². The average Bonchev–Trinajstić information content (AvgIpc) is 2.27. The number of methoxy groups -OCH3 is 1. The van der Waals surface area contributed by atoms with Gasteiger partial charge in [0.15, 0.2) is 0 Å². The Morgan fingerprint density at radius 3 is 3.00 bits per heavy atom. The zero-order chi connectivity index (χ0) is 10.8. The summed E-state index contributed by atoms with van der Waals surface area (Å²) in [6, 6.07) is 5.37. The predicted octanol–water partition coefficient (Wildman–Crippen LogP) is 1.60. The molecule has 0 atom stereocenters. The van der Waals surface area contributed by atoms with Gasteiger partial charge in [0.25, 0.3) is 0 Å². The first-order valence-corrected chi connectivity index (χ1v) is 4.49. The Morgan fingerprint density at radius 2 is 2.33 bits per heavy atom. The molecule has 1 heterocycles. The zero-order valence-electron chi connectivity index (χ0n) is 8.19. The highest BCUT2D eigenvalue weighted by molar-refractivity contribution is 5.85. The number of carboxylic acid groups (broad SMARTS) is 1. The summed E-state index contributed by atoms with van der Waals surface area (Å²) in [5, 5.41) is 8.77. The van der Waals surface area contributed by atoms with Crippen LogP contribution in [0.3, 0.4) is 0 Å². The number of carbonyl (C=O) groups is 1. The molecule has 0 saturated carbocycles. The third-order valence-corrected chi connectivity index (χ3v) is 2.21. The molecule has 2 rings (SSSR count). The lowest BCUT2D eigenvalue weighted by atomic mass is 10.1. The molecule has 1 aromatic rings. The van der Waals surface area contributed by atoms with Gasteiger partial charge in [-0.05, 0) is 24.1 Å². The van der Waals surface area contributed by atoms with Crippen molar-refractivity contribution in [1.29, 1.82) is 0 Å². The summed E-state index contributed by atoms with van der Waals surface area (Å²) >= 11 is 0. The van der Waals surface area contributed by atoms with Crippen molar-refractivity contribution in [2.75, 3.05) is 7.11 Å². The van der Waals surface area contributed by atoms with Crippen LogP contribution in [-0.4, -0.2) is 18.2 Å². The molecule has 78 valence electrons. The van der Waals surface area contributed by atoms with E-state index in [4.69, 9.17) is 14.6 Å². The third-order valence-electron chi connectivity index (χ3n) is 2.21. The molecule has 1 aliphatic rings. The maximum atomic E-state index is 10.7. The Labute approximate surface area is 86.7 Å². The van der Waals surface area contributed by atoms with E-state index in [0.717, 1.165) is 5.56 Å². The van der Waals surface area contributed by atoms with Crippen LogP contribution in [0.5, 0.6) is 11.5 Å². The Bertz CT molecular complexity index is 434. The molecule has 1 aliphatic heterocycles. The van der Waals surface area contributed by atoms with Gasteiger partial charge >= 0.3 is 5.97 Å². The smallest absolute Gasteiger partial charge is 0.371 e. The topological polar surface area (TPSA) is 55.8 Å². The number of carboxylic acids is 1. The van der Waals surface area contributed by atoms with Crippen LogP contribution in [-0.2, 0) is 11.2 Å². The van der Waals surface area contributed by atoms with Crippen LogP contribution in [0.15, 0.2) is 30.0 Å². The van der Waals surface area contributed by atoms with E-state index in [1.165, 1.54) is 0 Å². The van der Waals surface area contributed by atoms with Crippen LogP contribution in [0.2, 0.25) is 0 Å². The fourth-order valence-electron chi connectivity index (χ4n) is 1.42. The predicted molar refractivity (Wildman–Crippen MR) is 53.0 cm³/mol. The lowest BCUT2D eigenvalue weighted by molar-refractivity contribution is -0.135. The van der Waals surface area contributed by atoms with Crippen molar-refractivity contribution in [3.8, 4) is 11.5 Å². The molecular weight excluding hydrogens is 196 g/mol. The fourth-order valence-corrected chi connectivity index (χ4v) is 1.42. The quantitative estimate of drug-likeness (QED) is 0.798. The minimum atomic E-state index is -1.05. The van der Waals surface area contributed by atoms with Gasteiger partial charge in [-0.1, -0.05) is 6.07 Å². The highest BCUT2D eigenvalue weighted by Crippen LogP contribution is 2.30. The van der Waals surface area contributed by atoms with Crippen molar-refractivity contribution in [2.24, 2.45) is 0 Å². The van der Waals surface area contributed by atoms with Gasteiger partial charge in [-0.25, -0.2) is 4.79 Å². The van der Waals surface area contributed by atoms with E-state index in [0.29, 0.717) is 17.9 Å². The molecule has 15 heavy (non-hydrogen) atoms. The SMILES string of the molecule is COc1ccc2c(c1)OC(C(=O)O)=CC2. The highest BCUT2D eigenvalue weighted by atomic mass is 16.5. The van der Waals surface area contributed by atoms with Crippen LogP contribution in [0, 0.1) is 0 Å². The lowest BCUT2D eigenvalue weighted by Crippen LogP contribution is -2.12. The van der Waals surface area contributed by atoms with Crippen molar-refractivity contribution in [2.45, 2.75) is 6.42 Å². The first-order valence-electron chi connectivity index (χ1n) is 4.49. The van der Waals surface area contributed by atoms with Gasteiger partial charge in [-0.3, -0.25) is 0 Å². The highest BCUT2D eigenvalue weighted by Gasteiger charge is 2.17. The largest absolute Gasteiger partial charge is 0.497 e. The van der Waals surface area contributed by atoms with Gasteiger partial charge in [-0.15, -0.1) is 0 Å². The van der Waals surface area contributed by atoms with E-state index in [2.05, 4.69) is 0 Å². The van der Waals surface area contributed by atoms with Crippen LogP contribution in [0.25, 0.3) is 0 Å². The van der Waals surface area contributed by atoms with Crippen LogP contribution >= 0.6 is 0 Å². The summed E-state index contributed by atoms with van der Waals surface area (Å²) in [7, 11) is 1.55. The van der Waals surface area contributed by atoms with Crippen molar-refractivity contribution in [3.05, 3.63) is 35.6 Å². The number of benzene rings is 1. The summed E-state index contributed by atoms with van der Waals surface area (Å²) < 4.78 is 10.2. The standard InChI is InChI=1S/C11H10O4/c1-14-8-4-2-7-3-5-9(11(12)13)15-10(7)6-8/h2,4-6H,3H2,1H3,(H,12,13). The van der Waals surface area contributed by atoms with Crippen LogP contribution in [0.1, 0.15) is 5.56 Å². The number of hydrogen-bond donors (Lipinski definition) is 1. The van der Waals surface area contributed by atoms with Crippen molar-refractivity contribution in [3.63, 3.8) is 0 Å². The van der Waals surface area contributed by atoms with Gasteiger partial charge in [-0.2, -0.15) is 0 Å². The molecule has 0 aliphatic carbocycles. The molecule has 0 radical (unpaired) electrons. The van der Waals surface area contributed by atoms with E-state index < -0.39 is 5.97 Å². The summed E-state index contributed by atoms with van der Waals surface area (Å²) in [6.07, 6.45) is 2.12. The van der Waals surface area contributed by atoms with Gasteiger partial charge in [0.05, 0.1) is 7.11 Å². The summed E-state index contributed by atoms with van der Waals surface area (Å²) in [4.78, 5) is 10.7. The number of aliphatic carboxylic acids is 1. The molecule has 0 unspecified atom stereocenters. The van der Waals surface area contributed by atoms with Gasteiger partial charge in [0.1, 0.15) is 11.5 Å². The molecule has 0 aromatic heterocycles. The second-order valence-electron chi connectivity index (χ2n) is 3.15.